The van der Waals surface area contributed by atoms with Crippen molar-refractivity contribution in [1.29, 1.82) is 0 Å². The van der Waals surface area contributed by atoms with Crippen molar-refractivity contribution in [3.8, 4) is 0 Å². The molecule has 3 rings (SSSR count). The number of aromatic nitrogens is 2. The third kappa shape index (κ3) is 6.05. The van der Waals surface area contributed by atoms with Crippen molar-refractivity contribution in [2.24, 2.45) is 5.92 Å². The highest BCUT2D eigenvalue weighted by Gasteiger charge is 2.22. The Balaban J connectivity index is 1.50. The van der Waals surface area contributed by atoms with E-state index in [9.17, 15) is 4.79 Å². The van der Waals surface area contributed by atoms with Gasteiger partial charge in [-0.25, -0.2) is 4.98 Å². The van der Waals surface area contributed by atoms with Crippen molar-refractivity contribution in [2.75, 3.05) is 30.9 Å². The lowest BCUT2D eigenvalue weighted by Gasteiger charge is -2.29. The molecular formula is C23H35N5O. The Morgan fingerprint density at radius 2 is 1.86 bits per heavy atom. The van der Waals surface area contributed by atoms with Crippen LogP contribution in [-0.4, -0.2) is 42.6 Å². The minimum Gasteiger partial charge on any atom is -0.362 e. The van der Waals surface area contributed by atoms with Crippen LogP contribution in [0.25, 0.3) is 10.9 Å². The molecule has 2 N–H and O–H groups in total. The zero-order valence-electron chi connectivity index (χ0n) is 18.1. The first kappa shape index (κ1) is 21.3. The van der Waals surface area contributed by atoms with Crippen LogP contribution in [0.5, 0.6) is 0 Å². The van der Waals surface area contributed by atoms with Crippen molar-refractivity contribution in [2.45, 2.75) is 64.3 Å². The second-order valence-corrected chi connectivity index (χ2v) is 8.41. The SMILES string of the molecule is CCCCCC(=O)NC[C@H]1CC[C@@H](Nc2nc(N(C)C)c3ccccc3n2)CC1. The maximum Gasteiger partial charge on any atom is 0.225 e. The standard InChI is InChI=1S/C23H35N5O/c1-4-5-6-11-21(29)24-16-17-12-14-18(15-13-17)25-23-26-20-10-8-7-9-19(20)22(27-23)28(2)3/h7-10,17-18H,4-6,11-16H2,1-3H3,(H,24,29)(H,25,26,27)/t17-,18+. The van der Waals surface area contributed by atoms with Crippen LogP contribution >= 0.6 is 0 Å². The van der Waals surface area contributed by atoms with Gasteiger partial charge in [0.25, 0.3) is 0 Å². The van der Waals surface area contributed by atoms with Crippen molar-refractivity contribution in [1.82, 2.24) is 15.3 Å². The van der Waals surface area contributed by atoms with E-state index in [1.54, 1.807) is 0 Å². The molecule has 0 saturated heterocycles. The largest absolute Gasteiger partial charge is 0.362 e. The number of amides is 1. The molecule has 1 aliphatic carbocycles. The lowest BCUT2D eigenvalue weighted by molar-refractivity contribution is -0.121. The Kier molecular flexibility index (Phi) is 7.67. The molecule has 1 heterocycles. The van der Waals surface area contributed by atoms with E-state index in [1.165, 1.54) is 0 Å². The second-order valence-electron chi connectivity index (χ2n) is 8.41. The fraction of sp³-hybridized carbons (Fsp3) is 0.609. The number of unbranched alkanes of at least 4 members (excludes halogenated alkanes) is 2. The second kappa shape index (κ2) is 10.4. The molecular weight excluding hydrogens is 362 g/mol. The summed E-state index contributed by atoms with van der Waals surface area (Å²) in [4.78, 5) is 23.4. The number of fused-ring (bicyclic) bond motifs is 1. The Labute approximate surface area is 174 Å². The summed E-state index contributed by atoms with van der Waals surface area (Å²) in [7, 11) is 4.03. The van der Waals surface area contributed by atoms with Crippen LogP contribution in [0.15, 0.2) is 24.3 Å². The van der Waals surface area contributed by atoms with Crippen LogP contribution in [0.4, 0.5) is 11.8 Å². The third-order valence-electron chi connectivity index (χ3n) is 5.78. The van der Waals surface area contributed by atoms with E-state index >= 15 is 0 Å². The molecule has 6 nitrogen and oxygen atoms in total. The third-order valence-corrected chi connectivity index (χ3v) is 5.78. The molecule has 0 aliphatic heterocycles. The van der Waals surface area contributed by atoms with Gasteiger partial charge in [0.2, 0.25) is 11.9 Å². The average molecular weight is 398 g/mol. The Morgan fingerprint density at radius 1 is 1.10 bits per heavy atom. The van der Waals surface area contributed by atoms with E-state index in [0.717, 1.165) is 68.2 Å². The van der Waals surface area contributed by atoms with Gasteiger partial charge in [0.1, 0.15) is 5.82 Å². The monoisotopic (exact) mass is 397 g/mol. The number of nitrogens with zero attached hydrogens (tertiary/aromatic N) is 3. The smallest absolute Gasteiger partial charge is 0.225 e. The summed E-state index contributed by atoms with van der Waals surface area (Å²) in [5.41, 5.74) is 0.966. The molecule has 6 heteroatoms. The Hall–Kier alpha value is -2.37. The number of rotatable bonds is 9. The Bertz CT molecular complexity index is 799. The molecule has 0 bridgehead atoms. The maximum absolute atomic E-state index is 11.9. The molecule has 29 heavy (non-hydrogen) atoms. The van der Waals surface area contributed by atoms with Gasteiger partial charge < -0.3 is 15.5 Å². The molecule has 1 aliphatic rings. The van der Waals surface area contributed by atoms with Gasteiger partial charge in [-0.1, -0.05) is 31.9 Å². The molecule has 0 unspecified atom stereocenters. The van der Waals surface area contributed by atoms with Crippen LogP contribution in [0.1, 0.15) is 58.3 Å². The van der Waals surface area contributed by atoms with Crippen LogP contribution < -0.4 is 15.5 Å². The van der Waals surface area contributed by atoms with Crippen LogP contribution in [0.2, 0.25) is 0 Å². The van der Waals surface area contributed by atoms with Gasteiger partial charge >= 0.3 is 0 Å². The average Bonchev–Trinajstić information content (AvgIpc) is 2.73. The van der Waals surface area contributed by atoms with Gasteiger partial charge in [-0.3, -0.25) is 4.79 Å². The van der Waals surface area contributed by atoms with Crippen molar-refractivity contribution in [3.63, 3.8) is 0 Å². The number of anilines is 2. The van der Waals surface area contributed by atoms with E-state index in [1.807, 2.05) is 37.2 Å². The van der Waals surface area contributed by atoms with E-state index in [-0.39, 0.29) is 5.91 Å². The predicted octanol–water partition coefficient (Wildman–Crippen LogP) is 4.36. The van der Waals surface area contributed by atoms with Crippen LogP contribution in [-0.2, 0) is 4.79 Å². The summed E-state index contributed by atoms with van der Waals surface area (Å²) in [6.45, 7) is 2.98. The maximum atomic E-state index is 11.9. The minimum atomic E-state index is 0.208. The fourth-order valence-electron chi connectivity index (χ4n) is 4.04. The number of hydrogen-bond donors (Lipinski definition) is 2. The first-order valence-corrected chi connectivity index (χ1v) is 11.0. The number of hydrogen-bond acceptors (Lipinski definition) is 5. The number of carbonyl (C=O) groups is 1. The molecule has 1 amide bonds. The van der Waals surface area contributed by atoms with E-state index in [0.29, 0.717) is 24.3 Å². The molecule has 1 aromatic carbocycles. The highest BCUT2D eigenvalue weighted by Crippen LogP contribution is 2.28. The quantitative estimate of drug-likeness (QED) is 0.615. The molecule has 0 atom stereocenters. The number of carbonyl (C=O) groups excluding carboxylic acids is 1. The molecule has 1 fully saturated rings. The van der Waals surface area contributed by atoms with Crippen molar-refractivity contribution < 1.29 is 4.79 Å². The van der Waals surface area contributed by atoms with E-state index < -0.39 is 0 Å². The van der Waals surface area contributed by atoms with Gasteiger partial charge in [0.15, 0.2) is 0 Å². The summed E-state index contributed by atoms with van der Waals surface area (Å²) in [5.74, 6) is 2.44. The summed E-state index contributed by atoms with van der Waals surface area (Å²) < 4.78 is 0. The fourth-order valence-corrected chi connectivity index (χ4v) is 4.04. The molecule has 1 saturated carbocycles. The van der Waals surface area contributed by atoms with Crippen LogP contribution in [0, 0.1) is 5.92 Å². The van der Waals surface area contributed by atoms with Crippen molar-refractivity contribution in [3.05, 3.63) is 24.3 Å². The number of benzene rings is 1. The van der Waals surface area contributed by atoms with E-state index in [2.05, 4.69) is 23.6 Å². The Morgan fingerprint density at radius 3 is 2.59 bits per heavy atom. The molecule has 158 valence electrons. The molecule has 0 spiro atoms. The normalized spacial score (nSPS) is 19.1. The van der Waals surface area contributed by atoms with Gasteiger partial charge in [0.05, 0.1) is 5.52 Å². The minimum absolute atomic E-state index is 0.208. The van der Waals surface area contributed by atoms with Gasteiger partial charge in [-0.15, -0.1) is 0 Å². The summed E-state index contributed by atoms with van der Waals surface area (Å²) in [6, 6.07) is 8.53. The van der Waals surface area contributed by atoms with Gasteiger partial charge in [0, 0.05) is 38.5 Å². The number of para-hydroxylation sites is 1. The van der Waals surface area contributed by atoms with Gasteiger partial charge in [-0.2, -0.15) is 4.98 Å². The predicted molar refractivity (Wildman–Crippen MR) is 120 cm³/mol. The first-order valence-electron chi connectivity index (χ1n) is 11.0. The topological polar surface area (TPSA) is 70.2 Å². The summed E-state index contributed by atoms with van der Waals surface area (Å²) in [5, 5.41) is 7.75. The zero-order valence-corrected chi connectivity index (χ0v) is 18.1. The molecule has 1 aromatic heterocycles. The molecule has 2 aromatic rings. The summed E-state index contributed by atoms with van der Waals surface area (Å²) >= 11 is 0. The summed E-state index contributed by atoms with van der Waals surface area (Å²) in [6.07, 6.45) is 8.38. The van der Waals surface area contributed by atoms with E-state index in [4.69, 9.17) is 9.97 Å². The lowest BCUT2D eigenvalue weighted by atomic mass is 9.86. The first-order chi connectivity index (χ1) is 14.1. The molecule has 0 radical (unpaired) electrons. The van der Waals surface area contributed by atoms with Gasteiger partial charge in [-0.05, 0) is 50.2 Å². The van der Waals surface area contributed by atoms with Crippen LogP contribution in [0.3, 0.4) is 0 Å². The lowest BCUT2D eigenvalue weighted by Crippen LogP contribution is -2.34. The van der Waals surface area contributed by atoms with Crippen molar-refractivity contribution >= 4 is 28.6 Å². The zero-order chi connectivity index (χ0) is 20.6. The number of nitrogens with one attached hydrogen (secondary N) is 2. The highest BCUT2D eigenvalue weighted by atomic mass is 16.1. The highest BCUT2D eigenvalue weighted by molar-refractivity contribution is 5.90.